The third-order valence-corrected chi connectivity index (χ3v) is 3.93. The first-order valence-corrected chi connectivity index (χ1v) is 8.46. The fourth-order valence-electron chi connectivity index (χ4n) is 2.75. The van der Waals surface area contributed by atoms with Crippen LogP contribution in [0.3, 0.4) is 0 Å². The molecule has 2 amide bonds. The van der Waals surface area contributed by atoms with Crippen LogP contribution < -0.4 is 16.0 Å². The van der Waals surface area contributed by atoms with Crippen LogP contribution in [0, 0.1) is 5.92 Å². The van der Waals surface area contributed by atoms with Crippen LogP contribution in [0.15, 0.2) is 24.3 Å². The van der Waals surface area contributed by atoms with Gasteiger partial charge in [0.2, 0.25) is 11.8 Å². The molecule has 0 bridgehead atoms. The van der Waals surface area contributed by atoms with Gasteiger partial charge < -0.3 is 16.0 Å². The summed E-state index contributed by atoms with van der Waals surface area (Å²) in [4.78, 5) is 23.7. The van der Waals surface area contributed by atoms with Crippen molar-refractivity contribution in [3.05, 3.63) is 24.3 Å². The summed E-state index contributed by atoms with van der Waals surface area (Å²) < 4.78 is 0. The maximum Gasteiger partial charge on any atom is 0.224 e. The van der Waals surface area contributed by atoms with Crippen LogP contribution in [0.5, 0.6) is 0 Å². The summed E-state index contributed by atoms with van der Waals surface area (Å²) in [5.41, 5.74) is 1.51. The smallest absolute Gasteiger partial charge is 0.224 e. The minimum Gasteiger partial charge on any atom is -0.326 e. The third kappa shape index (κ3) is 6.40. The van der Waals surface area contributed by atoms with Crippen LogP contribution in [-0.4, -0.2) is 24.4 Å². The van der Waals surface area contributed by atoms with E-state index in [0.717, 1.165) is 30.8 Å². The van der Waals surface area contributed by atoms with Crippen molar-refractivity contribution in [3.8, 4) is 0 Å². The van der Waals surface area contributed by atoms with Crippen molar-refractivity contribution in [2.24, 2.45) is 5.92 Å². The summed E-state index contributed by atoms with van der Waals surface area (Å²) in [5, 5.41) is 9.15. The molecule has 0 aromatic heterocycles. The van der Waals surface area contributed by atoms with Crippen molar-refractivity contribution < 1.29 is 9.59 Å². The van der Waals surface area contributed by atoms with Crippen molar-refractivity contribution in [2.75, 3.05) is 17.2 Å². The summed E-state index contributed by atoms with van der Waals surface area (Å²) >= 11 is 0. The van der Waals surface area contributed by atoms with Gasteiger partial charge in [0, 0.05) is 30.3 Å². The van der Waals surface area contributed by atoms with Crippen LogP contribution >= 0.6 is 0 Å². The quantitative estimate of drug-likeness (QED) is 0.723. The Morgan fingerprint density at radius 3 is 2.26 bits per heavy atom. The number of hydrogen-bond acceptors (Lipinski definition) is 3. The molecule has 1 aromatic rings. The van der Waals surface area contributed by atoms with Crippen LogP contribution in [0.1, 0.15) is 46.0 Å². The lowest BCUT2D eigenvalue weighted by Gasteiger charge is -2.11. The molecule has 1 aliphatic heterocycles. The van der Waals surface area contributed by atoms with Gasteiger partial charge in [0.15, 0.2) is 0 Å². The third-order valence-electron chi connectivity index (χ3n) is 3.93. The number of carbonyl (C=O) groups is 2. The summed E-state index contributed by atoms with van der Waals surface area (Å²) in [6, 6.07) is 7.74. The molecule has 0 aliphatic carbocycles. The van der Waals surface area contributed by atoms with Gasteiger partial charge in [-0.3, -0.25) is 9.59 Å². The molecule has 1 heterocycles. The van der Waals surface area contributed by atoms with Crippen molar-refractivity contribution >= 4 is 23.2 Å². The predicted molar refractivity (Wildman–Crippen MR) is 93.4 cm³/mol. The van der Waals surface area contributed by atoms with Gasteiger partial charge in [0.1, 0.15) is 0 Å². The highest BCUT2D eigenvalue weighted by molar-refractivity contribution is 5.93. The average molecular weight is 317 g/mol. The Balaban J connectivity index is 1.75. The number of carbonyl (C=O) groups excluding carboxylic acids is 2. The number of hydrogen-bond donors (Lipinski definition) is 3. The molecule has 23 heavy (non-hydrogen) atoms. The molecule has 1 fully saturated rings. The van der Waals surface area contributed by atoms with Crippen LogP contribution in [-0.2, 0) is 9.59 Å². The van der Waals surface area contributed by atoms with Crippen LogP contribution in [0.4, 0.5) is 11.4 Å². The SMILES string of the molecule is CC(C)CC(=O)Nc1ccc(NC(=O)CCC2CCCN2)cc1. The topological polar surface area (TPSA) is 70.2 Å². The number of amides is 2. The number of anilines is 2. The minimum atomic E-state index is 0.0147. The Bertz CT molecular complexity index is 520. The van der Waals surface area contributed by atoms with Gasteiger partial charge in [-0.2, -0.15) is 0 Å². The van der Waals surface area contributed by atoms with E-state index in [0.29, 0.717) is 24.8 Å². The van der Waals surface area contributed by atoms with E-state index in [9.17, 15) is 9.59 Å². The Hall–Kier alpha value is -1.88. The normalized spacial score (nSPS) is 17.3. The second-order valence-corrected chi connectivity index (χ2v) is 6.60. The maximum atomic E-state index is 11.9. The van der Waals surface area contributed by atoms with Crippen molar-refractivity contribution in [1.82, 2.24) is 5.32 Å². The van der Waals surface area contributed by atoms with Gasteiger partial charge in [-0.05, 0) is 56.0 Å². The molecule has 0 saturated carbocycles. The van der Waals surface area contributed by atoms with Crippen molar-refractivity contribution in [2.45, 2.75) is 52.0 Å². The lowest BCUT2D eigenvalue weighted by molar-refractivity contribution is -0.117. The average Bonchev–Trinajstić information content (AvgIpc) is 3.00. The first-order chi connectivity index (χ1) is 11.0. The minimum absolute atomic E-state index is 0.0147. The number of nitrogens with one attached hydrogen (secondary N) is 3. The van der Waals surface area contributed by atoms with Crippen LogP contribution in [0.2, 0.25) is 0 Å². The van der Waals surface area contributed by atoms with Gasteiger partial charge in [-0.15, -0.1) is 0 Å². The fraction of sp³-hybridized carbons (Fsp3) is 0.556. The van der Waals surface area contributed by atoms with E-state index in [2.05, 4.69) is 16.0 Å². The highest BCUT2D eigenvalue weighted by Crippen LogP contribution is 2.16. The number of rotatable bonds is 7. The Kier molecular flexibility index (Phi) is 6.59. The summed E-state index contributed by atoms with van der Waals surface area (Å²) in [6.45, 7) is 5.09. The summed E-state index contributed by atoms with van der Waals surface area (Å²) in [5.74, 6) is 0.388. The monoisotopic (exact) mass is 317 g/mol. The van der Waals surface area contributed by atoms with E-state index in [4.69, 9.17) is 0 Å². The van der Waals surface area contributed by atoms with E-state index in [-0.39, 0.29) is 11.8 Å². The van der Waals surface area contributed by atoms with E-state index in [1.165, 1.54) is 6.42 Å². The molecule has 1 atom stereocenters. The molecule has 0 radical (unpaired) electrons. The van der Waals surface area contributed by atoms with E-state index in [1.807, 2.05) is 38.1 Å². The molecule has 1 saturated heterocycles. The molecule has 2 rings (SSSR count). The fourth-order valence-corrected chi connectivity index (χ4v) is 2.75. The molecular formula is C18H27N3O2. The van der Waals surface area contributed by atoms with Gasteiger partial charge in [-0.1, -0.05) is 13.8 Å². The molecule has 1 aliphatic rings. The highest BCUT2D eigenvalue weighted by Gasteiger charge is 2.15. The molecule has 3 N–H and O–H groups in total. The zero-order valence-electron chi connectivity index (χ0n) is 14.0. The maximum absolute atomic E-state index is 11.9. The summed E-state index contributed by atoms with van der Waals surface area (Å²) in [6.07, 6.45) is 4.29. The lowest BCUT2D eigenvalue weighted by Crippen LogP contribution is -2.23. The Morgan fingerprint density at radius 1 is 1.13 bits per heavy atom. The first kappa shape index (κ1) is 17.5. The van der Waals surface area contributed by atoms with Gasteiger partial charge >= 0.3 is 0 Å². The second kappa shape index (κ2) is 8.67. The Morgan fingerprint density at radius 2 is 1.74 bits per heavy atom. The first-order valence-electron chi connectivity index (χ1n) is 8.46. The van der Waals surface area contributed by atoms with Crippen molar-refractivity contribution in [1.29, 1.82) is 0 Å². The molecule has 5 heteroatoms. The predicted octanol–water partition coefficient (Wildman–Crippen LogP) is 3.14. The lowest BCUT2D eigenvalue weighted by atomic mass is 10.1. The molecule has 126 valence electrons. The zero-order chi connectivity index (χ0) is 16.7. The van der Waals surface area contributed by atoms with Crippen LogP contribution in [0.25, 0.3) is 0 Å². The molecule has 1 unspecified atom stereocenters. The van der Waals surface area contributed by atoms with E-state index < -0.39 is 0 Å². The largest absolute Gasteiger partial charge is 0.326 e. The zero-order valence-corrected chi connectivity index (χ0v) is 14.0. The molecular weight excluding hydrogens is 290 g/mol. The second-order valence-electron chi connectivity index (χ2n) is 6.60. The molecule has 5 nitrogen and oxygen atoms in total. The van der Waals surface area contributed by atoms with Gasteiger partial charge in [-0.25, -0.2) is 0 Å². The summed E-state index contributed by atoms with van der Waals surface area (Å²) in [7, 11) is 0. The van der Waals surface area contributed by atoms with Gasteiger partial charge in [0.05, 0.1) is 0 Å². The highest BCUT2D eigenvalue weighted by atomic mass is 16.2. The van der Waals surface area contributed by atoms with E-state index >= 15 is 0 Å². The Labute approximate surface area is 138 Å². The standard InChI is InChI=1S/C18H27N3O2/c1-13(2)12-18(23)21-16-7-5-15(6-8-16)20-17(22)10-9-14-4-3-11-19-14/h5-8,13-14,19H,3-4,9-12H2,1-2H3,(H,20,22)(H,21,23). The van der Waals surface area contributed by atoms with Gasteiger partial charge in [0.25, 0.3) is 0 Å². The van der Waals surface area contributed by atoms with E-state index in [1.54, 1.807) is 0 Å². The molecule has 1 aromatic carbocycles. The van der Waals surface area contributed by atoms with Crippen molar-refractivity contribution in [3.63, 3.8) is 0 Å². The molecule has 0 spiro atoms. The number of benzene rings is 1.